The topological polar surface area (TPSA) is 99.2 Å². The maximum absolute atomic E-state index is 14.0. The molecule has 1 aliphatic heterocycles. The van der Waals surface area contributed by atoms with Gasteiger partial charge in [0.05, 0.1) is 0 Å². The minimum absolute atomic E-state index is 0.105. The van der Waals surface area contributed by atoms with Crippen molar-refractivity contribution >= 4 is 18.0 Å². The van der Waals surface area contributed by atoms with Crippen LogP contribution in [0.4, 0.5) is 4.79 Å². The summed E-state index contributed by atoms with van der Waals surface area (Å²) in [7, 11) is 0. The highest BCUT2D eigenvalue weighted by Crippen LogP contribution is 2.44. The van der Waals surface area contributed by atoms with E-state index < -0.39 is 23.6 Å². The smallest absolute Gasteiger partial charge is 0.408 e. The van der Waals surface area contributed by atoms with E-state index in [2.05, 4.69) is 46.6 Å². The largest absolute Gasteiger partial charge is 0.480 e. The lowest BCUT2D eigenvalue weighted by Crippen LogP contribution is -2.65. The van der Waals surface area contributed by atoms with Gasteiger partial charge in [-0.3, -0.25) is 9.69 Å². The van der Waals surface area contributed by atoms with Crippen LogP contribution in [0.1, 0.15) is 49.3 Å². The van der Waals surface area contributed by atoms with E-state index in [1.165, 1.54) is 17.4 Å². The predicted molar refractivity (Wildman–Crippen MR) is 156 cm³/mol. The third-order valence-electron chi connectivity index (χ3n) is 8.48. The van der Waals surface area contributed by atoms with Gasteiger partial charge >= 0.3 is 12.1 Å². The van der Waals surface area contributed by atoms with E-state index in [1.807, 2.05) is 42.5 Å². The van der Waals surface area contributed by atoms with Crippen molar-refractivity contribution in [2.45, 2.75) is 50.7 Å². The fourth-order valence-corrected chi connectivity index (χ4v) is 6.16. The van der Waals surface area contributed by atoms with Crippen molar-refractivity contribution in [2.75, 3.05) is 26.2 Å². The Bertz CT molecular complexity index is 1360. The molecule has 8 nitrogen and oxygen atoms in total. The summed E-state index contributed by atoms with van der Waals surface area (Å²) in [5, 5.41) is 12.6. The minimum atomic E-state index is -1.25. The summed E-state index contributed by atoms with van der Waals surface area (Å²) in [6.45, 7) is 5.48. The molecule has 3 aromatic carbocycles. The van der Waals surface area contributed by atoms with Crippen molar-refractivity contribution in [3.63, 3.8) is 0 Å². The van der Waals surface area contributed by atoms with Crippen LogP contribution in [0.3, 0.4) is 0 Å². The van der Waals surface area contributed by atoms with Crippen LogP contribution >= 0.6 is 0 Å². The molecule has 1 fully saturated rings. The van der Waals surface area contributed by atoms with E-state index in [0.717, 1.165) is 28.8 Å². The van der Waals surface area contributed by atoms with Crippen LogP contribution in [-0.4, -0.2) is 70.7 Å². The molecule has 1 aliphatic carbocycles. The number of hydrogen-bond acceptors (Lipinski definition) is 5. The van der Waals surface area contributed by atoms with Crippen molar-refractivity contribution in [1.29, 1.82) is 0 Å². The van der Waals surface area contributed by atoms with E-state index in [9.17, 15) is 19.5 Å². The Balaban J connectivity index is 1.32. The number of carboxylic acids is 1. The van der Waals surface area contributed by atoms with Crippen molar-refractivity contribution in [3.05, 3.63) is 95.6 Å². The van der Waals surface area contributed by atoms with Gasteiger partial charge in [0, 0.05) is 32.1 Å². The SMILES string of the molecule is CCN(C(=O)C1(NC(=O)OCC2c3ccccc3-c3ccccc32)CCN(Cc2ccccc2)CC1)C(C)C(=O)O. The average molecular weight is 556 g/mol. The number of nitrogens with one attached hydrogen (secondary N) is 1. The molecule has 41 heavy (non-hydrogen) atoms. The van der Waals surface area contributed by atoms with Crippen molar-refractivity contribution in [3.8, 4) is 11.1 Å². The molecule has 0 spiro atoms. The Morgan fingerprint density at radius 2 is 1.51 bits per heavy atom. The lowest BCUT2D eigenvalue weighted by molar-refractivity contribution is -0.153. The van der Waals surface area contributed by atoms with E-state index in [1.54, 1.807) is 6.92 Å². The molecule has 0 aromatic heterocycles. The highest BCUT2D eigenvalue weighted by atomic mass is 16.5. The number of amides is 2. The first-order valence-corrected chi connectivity index (χ1v) is 14.3. The number of hydrogen-bond donors (Lipinski definition) is 2. The van der Waals surface area contributed by atoms with Crippen LogP contribution in [0, 0.1) is 0 Å². The number of aliphatic carboxylic acids is 1. The van der Waals surface area contributed by atoms with Crippen LogP contribution in [0.25, 0.3) is 11.1 Å². The van der Waals surface area contributed by atoms with Crippen LogP contribution in [0.2, 0.25) is 0 Å². The number of rotatable bonds is 9. The van der Waals surface area contributed by atoms with Gasteiger partial charge in [-0.15, -0.1) is 0 Å². The number of carboxylic acid groups (broad SMARTS) is 1. The zero-order valence-corrected chi connectivity index (χ0v) is 23.6. The lowest BCUT2D eigenvalue weighted by Gasteiger charge is -2.43. The Labute approximate surface area is 240 Å². The first-order valence-electron chi connectivity index (χ1n) is 14.3. The van der Waals surface area contributed by atoms with Gasteiger partial charge in [-0.1, -0.05) is 78.9 Å². The summed E-state index contributed by atoms with van der Waals surface area (Å²) in [6, 6.07) is 25.3. The number of likely N-dealkylation sites (tertiary alicyclic amines) is 1. The molecule has 3 aromatic rings. The zero-order chi connectivity index (χ0) is 29.0. The van der Waals surface area contributed by atoms with Gasteiger partial charge in [-0.25, -0.2) is 9.59 Å². The number of ether oxygens (including phenoxy) is 1. The van der Waals surface area contributed by atoms with Gasteiger partial charge in [-0.05, 0) is 54.5 Å². The molecule has 214 valence electrons. The van der Waals surface area contributed by atoms with E-state index in [0.29, 0.717) is 25.9 Å². The normalized spacial score (nSPS) is 16.7. The summed E-state index contributed by atoms with van der Waals surface area (Å²) in [6.07, 6.45) is 0.0352. The molecule has 0 radical (unpaired) electrons. The van der Waals surface area contributed by atoms with E-state index >= 15 is 0 Å². The average Bonchev–Trinajstić information content (AvgIpc) is 3.31. The maximum atomic E-state index is 14.0. The van der Waals surface area contributed by atoms with Crippen molar-refractivity contribution in [1.82, 2.24) is 15.1 Å². The molecule has 2 amide bonds. The minimum Gasteiger partial charge on any atom is -0.480 e. The van der Waals surface area contributed by atoms with Gasteiger partial charge in [-0.2, -0.15) is 0 Å². The predicted octanol–water partition coefficient (Wildman–Crippen LogP) is 4.88. The monoisotopic (exact) mass is 555 g/mol. The molecule has 1 saturated heterocycles. The van der Waals surface area contributed by atoms with E-state index in [-0.39, 0.29) is 25.0 Å². The number of piperidine rings is 1. The van der Waals surface area contributed by atoms with Crippen LogP contribution < -0.4 is 5.32 Å². The summed E-state index contributed by atoms with van der Waals surface area (Å²) in [5.41, 5.74) is 4.40. The summed E-state index contributed by atoms with van der Waals surface area (Å²) >= 11 is 0. The molecular weight excluding hydrogens is 518 g/mol. The molecule has 0 bridgehead atoms. The molecule has 5 rings (SSSR count). The number of benzene rings is 3. The molecule has 2 aliphatic rings. The third kappa shape index (κ3) is 5.84. The third-order valence-corrected chi connectivity index (χ3v) is 8.48. The van der Waals surface area contributed by atoms with Crippen molar-refractivity contribution < 1.29 is 24.2 Å². The van der Waals surface area contributed by atoms with Crippen LogP contribution in [0.5, 0.6) is 0 Å². The van der Waals surface area contributed by atoms with Gasteiger partial charge < -0.3 is 20.1 Å². The number of likely N-dealkylation sites (N-methyl/N-ethyl adjacent to an activating group) is 1. The summed E-state index contributed by atoms with van der Waals surface area (Å²) < 4.78 is 5.81. The highest BCUT2D eigenvalue weighted by Gasteiger charge is 2.47. The van der Waals surface area contributed by atoms with E-state index in [4.69, 9.17) is 4.74 Å². The molecule has 0 saturated carbocycles. The van der Waals surface area contributed by atoms with Gasteiger partial charge in [0.15, 0.2) is 0 Å². The number of nitrogens with zero attached hydrogens (tertiary/aromatic N) is 2. The summed E-state index contributed by atoms with van der Waals surface area (Å²) in [5.74, 6) is -1.58. The highest BCUT2D eigenvalue weighted by molar-refractivity contribution is 5.93. The standard InChI is InChI=1S/C33H37N3O5/c1-3-36(23(2)30(37)38)31(39)33(17-19-35(20-18-33)21-24-11-5-4-6-12-24)34-32(40)41-22-29-27-15-9-7-13-25(27)26-14-8-10-16-28(26)29/h4-16,23,29H,3,17-22H2,1-2H3,(H,34,40)(H,37,38). The quantitative estimate of drug-likeness (QED) is 0.391. The Hall–Kier alpha value is -4.17. The second kappa shape index (κ2) is 12.1. The van der Waals surface area contributed by atoms with Gasteiger partial charge in [0.2, 0.25) is 5.91 Å². The molecule has 2 N–H and O–H groups in total. The van der Waals surface area contributed by atoms with Crippen LogP contribution in [0.15, 0.2) is 78.9 Å². The fraction of sp³-hybridized carbons (Fsp3) is 0.364. The molecule has 1 unspecified atom stereocenters. The second-order valence-electron chi connectivity index (χ2n) is 10.9. The molecule has 1 heterocycles. The second-order valence-corrected chi connectivity index (χ2v) is 10.9. The number of carbonyl (C=O) groups excluding carboxylic acids is 2. The van der Waals surface area contributed by atoms with Crippen LogP contribution in [-0.2, 0) is 20.9 Å². The zero-order valence-electron chi connectivity index (χ0n) is 23.6. The number of fused-ring (bicyclic) bond motifs is 3. The summed E-state index contributed by atoms with van der Waals surface area (Å²) in [4.78, 5) is 42.7. The lowest BCUT2D eigenvalue weighted by atomic mass is 9.85. The Morgan fingerprint density at radius 1 is 0.951 bits per heavy atom. The molecule has 1 atom stereocenters. The Morgan fingerprint density at radius 3 is 2.07 bits per heavy atom. The first kappa shape index (κ1) is 28.4. The Kier molecular flexibility index (Phi) is 8.40. The maximum Gasteiger partial charge on any atom is 0.408 e. The fourth-order valence-electron chi connectivity index (χ4n) is 6.16. The number of alkyl carbamates (subject to hydrolysis) is 1. The molecule has 8 heteroatoms. The van der Waals surface area contributed by atoms with Crippen molar-refractivity contribution in [2.24, 2.45) is 0 Å². The van der Waals surface area contributed by atoms with Gasteiger partial charge in [0.1, 0.15) is 18.2 Å². The molecular formula is C33H37N3O5. The van der Waals surface area contributed by atoms with Gasteiger partial charge in [0.25, 0.3) is 0 Å². The number of carbonyl (C=O) groups is 3. The first-order chi connectivity index (χ1) is 19.8.